The highest BCUT2D eigenvalue weighted by molar-refractivity contribution is 6.15. The lowest BCUT2D eigenvalue weighted by Crippen LogP contribution is -2.59. The second-order valence-electron chi connectivity index (χ2n) is 7.33. The van der Waals surface area contributed by atoms with E-state index >= 15 is 0 Å². The van der Waals surface area contributed by atoms with Gasteiger partial charge in [-0.05, 0) is 24.3 Å². The predicted octanol–water partition coefficient (Wildman–Crippen LogP) is 1.32. The summed E-state index contributed by atoms with van der Waals surface area (Å²) in [6, 6.07) is 2.62. The lowest BCUT2D eigenvalue weighted by molar-refractivity contribution is -0.142. The SMILES string of the molecule is CN/C(C(=O)NC1(C(N)=O)CCOC1)=C1/C=C(OCc2cccnc2C(F)(F)F)C=CC1=N. The lowest BCUT2D eigenvalue weighted by atomic mass is 9.96. The number of rotatable bonds is 7. The van der Waals surface area contributed by atoms with Crippen LogP contribution < -0.4 is 16.4 Å². The van der Waals surface area contributed by atoms with Crippen LogP contribution in [0, 0.1) is 5.41 Å². The summed E-state index contributed by atoms with van der Waals surface area (Å²) < 4.78 is 50.1. The number of nitrogens with one attached hydrogen (secondary N) is 3. The van der Waals surface area contributed by atoms with Crippen LogP contribution >= 0.6 is 0 Å². The second-order valence-corrected chi connectivity index (χ2v) is 7.33. The summed E-state index contributed by atoms with van der Waals surface area (Å²) in [5.41, 5.74) is 2.88. The summed E-state index contributed by atoms with van der Waals surface area (Å²) in [7, 11) is 1.45. The van der Waals surface area contributed by atoms with Crippen molar-refractivity contribution in [3.05, 3.63) is 64.8 Å². The molecule has 176 valence electrons. The molecule has 1 aliphatic carbocycles. The van der Waals surface area contributed by atoms with Crippen LogP contribution in [-0.4, -0.2) is 48.3 Å². The summed E-state index contributed by atoms with van der Waals surface area (Å²) in [6.07, 6.45) is 0.693. The van der Waals surface area contributed by atoms with E-state index in [1.807, 2.05) is 0 Å². The van der Waals surface area contributed by atoms with Gasteiger partial charge in [-0.25, -0.2) is 0 Å². The van der Waals surface area contributed by atoms with Gasteiger partial charge in [0, 0.05) is 37.4 Å². The number of carbonyl (C=O) groups is 2. The first kappa shape index (κ1) is 24.0. The predicted molar refractivity (Wildman–Crippen MR) is 111 cm³/mol. The molecule has 1 saturated heterocycles. The highest BCUT2D eigenvalue weighted by Gasteiger charge is 2.43. The van der Waals surface area contributed by atoms with Gasteiger partial charge in [0.25, 0.3) is 5.91 Å². The number of pyridine rings is 1. The van der Waals surface area contributed by atoms with Crippen molar-refractivity contribution in [1.82, 2.24) is 15.6 Å². The first-order chi connectivity index (χ1) is 15.6. The van der Waals surface area contributed by atoms with Crippen molar-refractivity contribution in [2.75, 3.05) is 20.3 Å². The molecule has 1 aromatic rings. The Labute approximate surface area is 187 Å². The minimum Gasteiger partial charge on any atom is -0.489 e. The van der Waals surface area contributed by atoms with Crippen molar-refractivity contribution >= 4 is 17.5 Å². The Morgan fingerprint density at radius 1 is 1.36 bits per heavy atom. The first-order valence-corrected chi connectivity index (χ1v) is 9.82. The fourth-order valence-corrected chi connectivity index (χ4v) is 3.36. The van der Waals surface area contributed by atoms with E-state index < -0.39 is 35.8 Å². The van der Waals surface area contributed by atoms with Crippen molar-refractivity contribution < 1.29 is 32.2 Å². The van der Waals surface area contributed by atoms with E-state index in [4.69, 9.17) is 20.6 Å². The topological polar surface area (TPSA) is 139 Å². The smallest absolute Gasteiger partial charge is 0.433 e. The third-order valence-electron chi connectivity index (χ3n) is 5.14. The number of halogens is 3. The molecule has 1 unspecified atom stereocenters. The van der Waals surface area contributed by atoms with Gasteiger partial charge < -0.3 is 31.3 Å². The van der Waals surface area contributed by atoms with E-state index in [-0.39, 0.29) is 47.9 Å². The molecule has 2 aliphatic rings. The Hall–Kier alpha value is -3.67. The Bertz CT molecular complexity index is 1060. The molecule has 5 N–H and O–H groups in total. The fourth-order valence-electron chi connectivity index (χ4n) is 3.36. The van der Waals surface area contributed by atoms with Crippen molar-refractivity contribution in [2.45, 2.75) is 24.7 Å². The van der Waals surface area contributed by atoms with Gasteiger partial charge in [0.2, 0.25) is 5.91 Å². The van der Waals surface area contributed by atoms with Gasteiger partial charge in [-0.1, -0.05) is 6.07 Å². The Morgan fingerprint density at radius 3 is 2.73 bits per heavy atom. The highest BCUT2D eigenvalue weighted by atomic mass is 19.4. The molecular weight excluding hydrogens is 443 g/mol. The van der Waals surface area contributed by atoms with Crippen molar-refractivity contribution in [3.8, 4) is 0 Å². The van der Waals surface area contributed by atoms with Crippen LogP contribution in [0.2, 0.25) is 0 Å². The molecule has 2 amide bonds. The number of carbonyl (C=O) groups excluding carboxylic acids is 2. The maximum absolute atomic E-state index is 13.1. The molecule has 0 spiro atoms. The van der Waals surface area contributed by atoms with Crippen LogP contribution in [0.5, 0.6) is 0 Å². The molecule has 1 aromatic heterocycles. The average molecular weight is 465 g/mol. The van der Waals surface area contributed by atoms with Crippen LogP contribution in [0.1, 0.15) is 17.7 Å². The molecule has 12 heteroatoms. The minimum absolute atomic E-state index is 0.0460. The van der Waals surface area contributed by atoms with Gasteiger partial charge >= 0.3 is 6.18 Å². The summed E-state index contributed by atoms with van der Waals surface area (Å²) in [6.45, 7) is -0.253. The first-order valence-electron chi connectivity index (χ1n) is 9.82. The maximum Gasteiger partial charge on any atom is 0.433 e. The maximum atomic E-state index is 13.1. The zero-order valence-electron chi connectivity index (χ0n) is 17.6. The molecule has 0 aromatic carbocycles. The van der Waals surface area contributed by atoms with Gasteiger partial charge in [-0.2, -0.15) is 13.2 Å². The number of likely N-dealkylation sites (N-methyl/N-ethyl adjacent to an activating group) is 1. The summed E-state index contributed by atoms with van der Waals surface area (Å²) >= 11 is 0. The molecule has 33 heavy (non-hydrogen) atoms. The molecule has 0 radical (unpaired) electrons. The molecule has 1 atom stereocenters. The molecule has 0 saturated carbocycles. The minimum atomic E-state index is -4.64. The van der Waals surface area contributed by atoms with E-state index in [1.54, 1.807) is 0 Å². The Kier molecular flexibility index (Phi) is 6.86. The second kappa shape index (κ2) is 9.45. The van der Waals surface area contributed by atoms with E-state index in [9.17, 15) is 22.8 Å². The number of alkyl halides is 3. The molecule has 0 bridgehead atoms. The van der Waals surface area contributed by atoms with Crippen LogP contribution in [-0.2, 0) is 31.8 Å². The van der Waals surface area contributed by atoms with Crippen LogP contribution in [0.3, 0.4) is 0 Å². The number of hydrogen-bond donors (Lipinski definition) is 4. The number of amides is 2. The van der Waals surface area contributed by atoms with Gasteiger partial charge in [0.05, 0.1) is 12.3 Å². The number of hydrogen-bond acceptors (Lipinski definition) is 7. The molecular formula is C21H22F3N5O4. The van der Waals surface area contributed by atoms with E-state index in [0.29, 0.717) is 0 Å². The van der Waals surface area contributed by atoms with Crippen molar-refractivity contribution in [1.29, 1.82) is 5.41 Å². The summed E-state index contributed by atoms with van der Waals surface area (Å²) in [5, 5.41) is 13.4. The standard InChI is InChI=1S/C21H22F3N5O4/c1-27-16(18(30)29-20(19(26)31)6-8-32-11-20)14-9-13(4-5-15(14)25)33-10-12-3-2-7-28-17(12)21(22,23)24/h2-5,7,9,25,27H,6,8,10-11H2,1H3,(H2,26,31)(H,29,30)/b16-14-,25-15?. The lowest BCUT2D eigenvalue weighted by Gasteiger charge is -2.26. The number of primary amides is 1. The normalized spacial score (nSPS) is 21.9. The van der Waals surface area contributed by atoms with Crippen molar-refractivity contribution in [3.63, 3.8) is 0 Å². The van der Waals surface area contributed by atoms with Gasteiger partial charge in [0.15, 0.2) is 5.69 Å². The highest BCUT2D eigenvalue weighted by Crippen LogP contribution is 2.31. The zero-order chi connectivity index (χ0) is 24.2. The summed E-state index contributed by atoms with van der Waals surface area (Å²) in [5.74, 6) is -1.31. The number of aromatic nitrogens is 1. The number of nitrogens with zero attached hydrogens (tertiary/aromatic N) is 1. The number of nitrogens with two attached hydrogens (primary N) is 1. The van der Waals surface area contributed by atoms with Gasteiger partial charge in [-0.3, -0.25) is 14.6 Å². The third kappa shape index (κ3) is 5.22. The van der Waals surface area contributed by atoms with Crippen LogP contribution in [0.4, 0.5) is 13.2 Å². The molecule has 9 nitrogen and oxygen atoms in total. The molecule has 3 rings (SSSR count). The Morgan fingerprint density at radius 2 is 2.12 bits per heavy atom. The quantitative estimate of drug-likeness (QED) is 0.448. The number of allylic oxidation sites excluding steroid dienone is 4. The third-order valence-corrected chi connectivity index (χ3v) is 5.14. The molecule has 1 fully saturated rings. The van der Waals surface area contributed by atoms with Gasteiger partial charge in [-0.15, -0.1) is 0 Å². The van der Waals surface area contributed by atoms with Gasteiger partial charge in [0.1, 0.15) is 23.6 Å². The largest absolute Gasteiger partial charge is 0.489 e. The van der Waals surface area contributed by atoms with E-state index in [1.165, 1.54) is 37.4 Å². The number of ether oxygens (including phenoxy) is 2. The zero-order valence-corrected chi connectivity index (χ0v) is 17.6. The Balaban J connectivity index is 1.84. The molecule has 1 aliphatic heterocycles. The average Bonchev–Trinajstić information content (AvgIpc) is 3.24. The van der Waals surface area contributed by atoms with Crippen LogP contribution in [0.15, 0.2) is 53.6 Å². The molecule has 2 heterocycles. The van der Waals surface area contributed by atoms with Crippen molar-refractivity contribution in [2.24, 2.45) is 5.73 Å². The fraction of sp³-hybridized carbons (Fsp3) is 0.333. The van der Waals surface area contributed by atoms with E-state index in [2.05, 4.69) is 15.6 Å². The monoisotopic (exact) mass is 465 g/mol. The summed E-state index contributed by atoms with van der Waals surface area (Å²) in [4.78, 5) is 28.2. The van der Waals surface area contributed by atoms with Crippen LogP contribution in [0.25, 0.3) is 0 Å². The van der Waals surface area contributed by atoms with E-state index in [0.717, 1.165) is 6.20 Å².